The molecule has 18 heavy (non-hydrogen) atoms. The van der Waals surface area contributed by atoms with E-state index in [0.29, 0.717) is 13.2 Å². The van der Waals surface area contributed by atoms with Gasteiger partial charge in [0.1, 0.15) is 0 Å². The lowest BCUT2D eigenvalue weighted by Crippen LogP contribution is -2.21. The van der Waals surface area contributed by atoms with Crippen molar-refractivity contribution in [2.45, 2.75) is 24.9 Å². The molecule has 0 unspecified atom stereocenters. The van der Waals surface area contributed by atoms with E-state index in [1.807, 2.05) is 12.1 Å². The highest BCUT2D eigenvalue weighted by atomic mass is 16.5. The van der Waals surface area contributed by atoms with Gasteiger partial charge in [0.2, 0.25) is 0 Å². The van der Waals surface area contributed by atoms with Crippen molar-refractivity contribution in [1.82, 2.24) is 0 Å². The van der Waals surface area contributed by atoms with E-state index >= 15 is 0 Å². The van der Waals surface area contributed by atoms with E-state index in [-0.39, 0.29) is 5.41 Å². The summed E-state index contributed by atoms with van der Waals surface area (Å²) in [5, 5.41) is 0. The van der Waals surface area contributed by atoms with Crippen LogP contribution in [0.25, 0.3) is 0 Å². The van der Waals surface area contributed by atoms with Gasteiger partial charge in [-0.3, -0.25) is 0 Å². The molecule has 0 amide bonds. The van der Waals surface area contributed by atoms with E-state index < -0.39 is 0 Å². The van der Waals surface area contributed by atoms with Gasteiger partial charge in [-0.1, -0.05) is 0 Å². The summed E-state index contributed by atoms with van der Waals surface area (Å²) in [7, 11) is 4.99. The molecule has 1 aromatic carbocycles. The van der Waals surface area contributed by atoms with E-state index in [0.717, 1.165) is 29.9 Å². The largest absolute Gasteiger partial charge is 0.493 e. The summed E-state index contributed by atoms with van der Waals surface area (Å²) in [4.78, 5) is 0. The normalized spacial score (nSPS) is 16.4. The molecule has 1 aliphatic rings. The Morgan fingerprint density at radius 3 is 2.17 bits per heavy atom. The lowest BCUT2D eigenvalue weighted by molar-refractivity contribution is 0.183. The van der Waals surface area contributed by atoms with Crippen molar-refractivity contribution in [1.29, 1.82) is 0 Å². The molecule has 0 spiro atoms. The fraction of sp³-hybridized carbons (Fsp3) is 0.571. The first kappa shape index (κ1) is 13.2. The molecule has 1 aliphatic carbocycles. The van der Waals surface area contributed by atoms with Gasteiger partial charge in [-0.15, -0.1) is 0 Å². The van der Waals surface area contributed by atoms with E-state index in [9.17, 15) is 0 Å². The lowest BCUT2D eigenvalue weighted by atomic mass is 9.91. The number of methoxy groups -OCH3 is 3. The predicted octanol–water partition coefficient (Wildman–Crippen LogP) is 1.84. The van der Waals surface area contributed by atoms with E-state index in [1.165, 1.54) is 5.56 Å². The third-order valence-electron chi connectivity index (χ3n) is 3.72. The van der Waals surface area contributed by atoms with Crippen LogP contribution in [0.3, 0.4) is 0 Å². The Morgan fingerprint density at radius 1 is 1.11 bits per heavy atom. The molecule has 0 aromatic heterocycles. The Hall–Kier alpha value is -1.26. The average molecular weight is 251 g/mol. The fourth-order valence-electron chi connectivity index (χ4n) is 2.42. The molecule has 0 atom stereocenters. The topological polar surface area (TPSA) is 53.7 Å². The van der Waals surface area contributed by atoms with E-state index in [4.69, 9.17) is 19.9 Å². The van der Waals surface area contributed by atoms with Crippen molar-refractivity contribution >= 4 is 0 Å². The quantitative estimate of drug-likeness (QED) is 0.838. The summed E-state index contributed by atoms with van der Waals surface area (Å²) in [6, 6.07) is 4.04. The molecular formula is C14H21NO3. The molecule has 0 radical (unpaired) electrons. The van der Waals surface area contributed by atoms with Crippen LogP contribution in [0.5, 0.6) is 11.5 Å². The second-order valence-electron chi connectivity index (χ2n) is 4.78. The first-order valence-corrected chi connectivity index (χ1v) is 6.15. The highest BCUT2D eigenvalue weighted by molar-refractivity contribution is 5.51. The monoisotopic (exact) mass is 251 g/mol. The van der Waals surface area contributed by atoms with Crippen LogP contribution in [0.1, 0.15) is 24.0 Å². The van der Waals surface area contributed by atoms with Gasteiger partial charge in [0.15, 0.2) is 11.5 Å². The maximum absolute atomic E-state index is 5.92. The molecule has 0 bridgehead atoms. The van der Waals surface area contributed by atoms with Gasteiger partial charge in [0.05, 0.1) is 20.8 Å². The minimum Gasteiger partial charge on any atom is -0.493 e. The number of ether oxygens (including phenoxy) is 3. The number of benzene rings is 1. The third-order valence-corrected chi connectivity index (χ3v) is 3.72. The number of nitrogens with two attached hydrogens (primary N) is 1. The maximum atomic E-state index is 5.92. The minimum atomic E-state index is 0.118. The Balaban J connectivity index is 2.48. The van der Waals surface area contributed by atoms with Crippen LogP contribution in [-0.4, -0.2) is 27.9 Å². The smallest absolute Gasteiger partial charge is 0.161 e. The number of hydrogen-bond acceptors (Lipinski definition) is 4. The fourth-order valence-corrected chi connectivity index (χ4v) is 2.42. The first-order chi connectivity index (χ1) is 8.70. The molecule has 0 saturated heterocycles. The van der Waals surface area contributed by atoms with Crippen LogP contribution in [0.2, 0.25) is 0 Å². The molecule has 0 aliphatic heterocycles. The first-order valence-electron chi connectivity index (χ1n) is 6.15. The second-order valence-corrected chi connectivity index (χ2v) is 4.78. The van der Waals surface area contributed by atoms with E-state index in [2.05, 4.69) is 0 Å². The third kappa shape index (κ3) is 2.18. The SMILES string of the molecule is COCc1cc(OC)c(OC)cc1C1(CN)CC1. The Morgan fingerprint density at radius 2 is 1.72 bits per heavy atom. The zero-order valence-corrected chi connectivity index (χ0v) is 11.3. The van der Waals surface area contributed by atoms with Crippen LogP contribution in [0.4, 0.5) is 0 Å². The average Bonchev–Trinajstić information content (AvgIpc) is 3.19. The van der Waals surface area contributed by atoms with Gasteiger partial charge in [-0.05, 0) is 36.1 Å². The molecule has 1 aromatic rings. The zero-order valence-electron chi connectivity index (χ0n) is 11.3. The summed E-state index contributed by atoms with van der Waals surface area (Å²) in [6.07, 6.45) is 2.27. The van der Waals surface area contributed by atoms with Crippen molar-refractivity contribution in [2.75, 3.05) is 27.9 Å². The molecule has 1 saturated carbocycles. The van der Waals surface area contributed by atoms with Crippen LogP contribution < -0.4 is 15.2 Å². The van der Waals surface area contributed by atoms with Gasteiger partial charge < -0.3 is 19.9 Å². The van der Waals surface area contributed by atoms with Crippen LogP contribution in [-0.2, 0) is 16.8 Å². The molecule has 4 heteroatoms. The molecule has 4 nitrogen and oxygen atoms in total. The van der Waals surface area contributed by atoms with Gasteiger partial charge in [-0.2, -0.15) is 0 Å². The number of rotatable bonds is 6. The number of hydrogen-bond donors (Lipinski definition) is 1. The molecular weight excluding hydrogens is 230 g/mol. The van der Waals surface area contributed by atoms with E-state index in [1.54, 1.807) is 21.3 Å². The van der Waals surface area contributed by atoms with Crippen molar-refractivity contribution < 1.29 is 14.2 Å². The standard InChI is InChI=1S/C14H21NO3/c1-16-8-10-6-12(17-2)13(18-3)7-11(10)14(9-15)4-5-14/h6-7H,4-5,8-9,15H2,1-3H3. The van der Waals surface area contributed by atoms with Gasteiger partial charge >= 0.3 is 0 Å². The van der Waals surface area contributed by atoms with Gasteiger partial charge in [0, 0.05) is 19.1 Å². The summed E-state index contributed by atoms with van der Waals surface area (Å²) in [5.41, 5.74) is 8.41. The van der Waals surface area contributed by atoms with Crippen molar-refractivity contribution in [3.05, 3.63) is 23.3 Å². The lowest BCUT2D eigenvalue weighted by Gasteiger charge is -2.20. The van der Waals surface area contributed by atoms with Gasteiger partial charge in [0.25, 0.3) is 0 Å². The zero-order chi connectivity index (χ0) is 13.2. The van der Waals surface area contributed by atoms with Crippen molar-refractivity contribution in [3.63, 3.8) is 0 Å². The van der Waals surface area contributed by atoms with Crippen molar-refractivity contribution in [3.8, 4) is 11.5 Å². The maximum Gasteiger partial charge on any atom is 0.161 e. The van der Waals surface area contributed by atoms with Crippen LogP contribution in [0.15, 0.2) is 12.1 Å². The molecule has 100 valence electrons. The van der Waals surface area contributed by atoms with Crippen molar-refractivity contribution in [2.24, 2.45) is 5.73 Å². The summed E-state index contributed by atoms with van der Waals surface area (Å²) >= 11 is 0. The minimum absolute atomic E-state index is 0.118. The molecule has 2 rings (SSSR count). The van der Waals surface area contributed by atoms with Gasteiger partial charge in [-0.25, -0.2) is 0 Å². The second kappa shape index (κ2) is 5.16. The Bertz CT molecular complexity index is 427. The Labute approximate surface area is 108 Å². The predicted molar refractivity (Wildman–Crippen MR) is 70.2 cm³/mol. The summed E-state index contributed by atoms with van der Waals surface area (Å²) in [6.45, 7) is 1.23. The summed E-state index contributed by atoms with van der Waals surface area (Å²) < 4.78 is 16.0. The van der Waals surface area contributed by atoms with Crippen LogP contribution in [0, 0.1) is 0 Å². The van der Waals surface area contributed by atoms with Crippen LogP contribution >= 0.6 is 0 Å². The summed E-state index contributed by atoms with van der Waals surface area (Å²) in [5.74, 6) is 1.49. The molecule has 1 fully saturated rings. The molecule has 2 N–H and O–H groups in total. The Kier molecular flexibility index (Phi) is 3.78. The highest BCUT2D eigenvalue weighted by Gasteiger charge is 2.44. The highest BCUT2D eigenvalue weighted by Crippen LogP contribution is 2.50. The molecule has 0 heterocycles.